The highest BCUT2D eigenvalue weighted by Gasteiger charge is 2.57. The van der Waals surface area contributed by atoms with Crippen LogP contribution >= 0.6 is 0 Å². The van der Waals surface area contributed by atoms with Crippen LogP contribution in [0.3, 0.4) is 0 Å². The maximum absolute atomic E-state index is 5.94. The van der Waals surface area contributed by atoms with Gasteiger partial charge in [-0.15, -0.1) is 0 Å². The molecule has 2 aliphatic rings. The normalized spacial score (nSPS) is 46.9. The molecule has 2 rings (SSSR count). The third-order valence-corrected chi connectivity index (χ3v) is 3.18. The van der Waals surface area contributed by atoms with Gasteiger partial charge in [0.25, 0.3) is 0 Å². The Morgan fingerprint density at radius 1 is 1.50 bits per heavy atom. The van der Waals surface area contributed by atoms with E-state index in [0.717, 1.165) is 13.0 Å². The van der Waals surface area contributed by atoms with Crippen LogP contribution in [-0.4, -0.2) is 59.1 Å². The van der Waals surface area contributed by atoms with Crippen LogP contribution in [0.5, 0.6) is 0 Å². The van der Waals surface area contributed by atoms with Gasteiger partial charge in [0.1, 0.15) is 25.7 Å². The highest BCUT2D eigenvalue weighted by Crippen LogP contribution is 2.40. The smallest absolute Gasteiger partial charge is 0.142 e. The van der Waals surface area contributed by atoms with Crippen molar-refractivity contribution in [2.75, 3.05) is 27.4 Å². The van der Waals surface area contributed by atoms with Gasteiger partial charge in [-0.1, -0.05) is 0 Å². The first-order valence-electron chi connectivity index (χ1n) is 5.04. The second kappa shape index (κ2) is 3.81. The van der Waals surface area contributed by atoms with Crippen molar-refractivity contribution in [3.63, 3.8) is 0 Å². The molecule has 0 aliphatic carbocycles. The average Bonchev–Trinajstić information content (AvgIpc) is 2.30. The molecular weight excluding hydrogens is 183 g/mol. The summed E-state index contributed by atoms with van der Waals surface area (Å²) in [6.45, 7) is 1.31. The minimum atomic E-state index is -0.286. The van der Waals surface area contributed by atoms with E-state index in [1.807, 2.05) is 7.85 Å². The predicted molar refractivity (Wildman–Crippen MR) is 53.2 cm³/mol. The quantitative estimate of drug-likeness (QED) is 0.557. The highest BCUT2D eigenvalue weighted by molar-refractivity contribution is 6.11. The first-order chi connectivity index (χ1) is 6.73. The molecule has 4 nitrogen and oxygen atoms in total. The molecule has 0 amide bonds. The second-order valence-corrected chi connectivity index (χ2v) is 4.06. The van der Waals surface area contributed by atoms with Crippen molar-refractivity contribution in [3.05, 3.63) is 0 Å². The van der Waals surface area contributed by atoms with Crippen LogP contribution in [0.4, 0.5) is 0 Å². The SMILES string of the molecule is B[C@@H]1O[C@@]2(COC)CCOC1C2OC. The fraction of sp³-hybridized carbons (Fsp3) is 1.00. The summed E-state index contributed by atoms with van der Waals surface area (Å²) in [7, 11) is 5.43. The van der Waals surface area contributed by atoms with E-state index < -0.39 is 0 Å². The Hall–Kier alpha value is -0.0951. The van der Waals surface area contributed by atoms with E-state index in [-0.39, 0.29) is 23.8 Å². The van der Waals surface area contributed by atoms with Crippen LogP contribution in [-0.2, 0) is 18.9 Å². The van der Waals surface area contributed by atoms with E-state index in [0.29, 0.717) is 6.61 Å². The van der Waals surface area contributed by atoms with Gasteiger partial charge in [0.15, 0.2) is 0 Å². The molecule has 0 aromatic carbocycles. The Balaban J connectivity index is 2.20. The maximum Gasteiger partial charge on any atom is 0.142 e. The van der Waals surface area contributed by atoms with Gasteiger partial charge >= 0.3 is 0 Å². The molecule has 0 spiro atoms. The van der Waals surface area contributed by atoms with Gasteiger partial charge in [0.2, 0.25) is 0 Å². The predicted octanol–water partition coefficient (Wildman–Crippen LogP) is -0.835. The highest BCUT2D eigenvalue weighted by atomic mass is 16.6. The van der Waals surface area contributed by atoms with Crippen molar-refractivity contribution in [1.82, 2.24) is 0 Å². The molecule has 2 fully saturated rings. The monoisotopic (exact) mass is 200 g/mol. The van der Waals surface area contributed by atoms with Crippen LogP contribution in [0.25, 0.3) is 0 Å². The molecule has 2 aliphatic heterocycles. The molecule has 2 saturated heterocycles. The summed E-state index contributed by atoms with van der Waals surface area (Å²) in [5.41, 5.74) is -0.286. The minimum absolute atomic E-state index is 0.00574. The summed E-state index contributed by atoms with van der Waals surface area (Å²) in [6, 6.07) is 0.0950. The fourth-order valence-electron chi connectivity index (χ4n) is 2.62. The standard InChI is InChI=1S/C9H17BO4/c1-11-5-9-3-4-13-6(7(9)12-2)8(10)14-9/h6-8H,3-5,10H2,1-2H3/t6?,7?,8-,9-/m1/s1. The largest absolute Gasteiger partial charge is 0.382 e. The first-order valence-corrected chi connectivity index (χ1v) is 5.04. The summed E-state index contributed by atoms with van der Waals surface area (Å²) in [5.74, 6) is 0. The average molecular weight is 200 g/mol. The van der Waals surface area contributed by atoms with E-state index >= 15 is 0 Å². The summed E-state index contributed by atoms with van der Waals surface area (Å²) in [6.07, 6.45) is 0.912. The molecule has 2 bridgehead atoms. The molecule has 4 atom stereocenters. The van der Waals surface area contributed by atoms with Crippen molar-refractivity contribution >= 4 is 7.85 Å². The summed E-state index contributed by atoms with van der Waals surface area (Å²) < 4.78 is 22.3. The number of hydrogen-bond donors (Lipinski definition) is 0. The molecule has 80 valence electrons. The Labute approximate surface area is 85.3 Å². The van der Waals surface area contributed by atoms with Crippen LogP contribution in [0.1, 0.15) is 6.42 Å². The van der Waals surface area contributed by atoms with Crippen LogP contribution in [0.2, 0.25) is 0 Å². The number of methoxy groups -OCH3 is 2. The molecule has 0 aromatic rings. The maximum atomic E-state index is 5.94. The zero-order valence-electron chi connectivity index (χ0n) is 8.99. The lowest BCUT2D eigenvalue weighted by Crippen LogP contribution is -2.52. The van der Waals surface area contributed by atoms with Crippen molar-refractivity contribution in [3.8, 4) is 0 Å². The number of rotatable bonds is 3. The van der Waals surface area contributed by atoms with Gasteiger partial charge in [-0.25, -0.2) is 0 Å². The summed E-state index contributed by atoms with van der Waals surface area (Å²) >= 11 is 0. The van der Waals surface area contributed by atoms with Gasteiger partial charge in [0, 0.05) is 20.6 Å². The lowest BCUT2D eigenvalue weighted by Gasteiger charge is -2.37. The van der Waals surface area contributed by atoms with Crippen LogP contribution in [0, 0.1) is 0 Å². The molecule has 5 heteroatoms. The summed E-state index contributed by atoms with van der Waals surface area (Å²) in [5, 5.41) is 0. The topological polar surface area (TPSA) is 36.9 Å². The Morgan fingerprint density at radius 2 is 2.29 bits per heavy atom. The molecule has 0 radical (unpaired) electrons. The molecule has 2 unspecified atom stereocenters. The van der Waals surface area contributed by atoms with Gasteiger partial charge < -0.3 is 18.9 Å². The van der Waals surface area contributed by atoms with Crippen molar-refractivity contribution < 1.29 is 18.9 Å². The van der Waals surface area contributed by atoms with E-state index in [1.165, 1.54) is 0 Å². The Bertz CT molecular complexity index is 209. The van der Waals surface area contributed by atoms with Gasteiger partial charge in [0.05, 0.1) is 19.2 Å². The Kier molecular flexibility index (Phi) is 2.84. The van der Waals surface area contributed by atoms with Gasteiger partial charge in [-0.2, -0.15) is 0 Å². The minimum Gasteiger partial charge on any atom is -0.382 e. The first kappa shape index (κ1) is 10.4. The molecular formula is C9H17BO4. The van der Waals surface area contributed by atoms with E-state index in [2.05, 4.69) is 0 Å². The number of hydrogen-bond acceptors (Lipinski definition) is 4. The fourth-order valence-corrected chi connectivity index (χ4v) is 2.62. The molecule has 0 aromatic heterocycles. The molecule has 2 heterocycles. The van der Waals surface area contributed by atoms with Gasteiger partial charge in [-0.05, 0) is 0 Å². The summed E-state index contributed by atoms with van der Waals surface area (Å²) in [4.78, 5) is 0. The zero-order chi connectivity index (χ0) is 10.2. The van der Waals surface area contributed by atoms with Crippen LogP contribution in [0.15, 0.2) is 0 Å². The van der Waals surface area contributed by atoms with Crippen molar-refractivity contribution in [1.29, 1.82) is 0 Å². The Morgan fingerprint density at radius 3 is 2.93 bits per heavy atom. The van der Waals surface area contributed by atoms with Crippen molar-refractivity contribution in [2.24, 2.45) is 0 Å². The molecule has 14 heavy (non-hydrogen) atoms. The lowest BCUT2D eigenvalue weighted by molar-refractivity contribution is -0.155. The van der Waals surface area contributed by atoms with Crippen molar-refractivity contribution in [2.45, 2.75) is 30.2 Å². The third-order valence-electron chi connectivity index (χ3n) is 3.18. The van der Waals surface area contributed by atoms with Gasteiger partial charge in [-0.3, -0.25) is 0 Å². The van der Waals surface area contributed by atoms with E-state index in [9.17, 15) is 0 Å². The molecule has 0 saturated carbocycles. The van der Waals surface area contributed by atoms with Crippen LogP contribution < -0.4 is 0 Å². The lowest BCUT2D eigenvalue weighted by atomic mass is 9.86. The third kappa shape index (κ3) is 1.39. The number of fused-ring (bicyclic) bond motifs is 2. The zero-order valence-corrected chi connectivity index (χ0v) is 8.99. The van der Waals surface area contributed by atoms with E-state index in [4.69, 9.17) is 18.9 Å². The second-order valence-electron chi connectivity index (χ2n) is 4.06. The van der Waals surface area contributed by atoms with E-state index in [1.54, 1.807) is 14.2 Å². The molecule has 0 N–H and O–H groups in total. The number of ether oxygens (including phenoxy) is 4.